The predicted molar refractivity (Wildman–Crippen MR) is 53.2 cm³/mol. The molecule has 0 N–H and O–H groups in total. The number of rotatable bonds is 3. The molecule has 88 valence electrons. The Balaban J connectivity index is 2.01. The van der Waals surface area contributed by atoms with Gasteiger partial charge < -0.3 is 13.9 Å². The van der Waals surface area contributed by atoms with Crippen molar-refractivity contribution in [1.29, 1.82) is 0 Å². The lowest BCUT2D eigenvalue weighted by atomic mass is 10.2. The summed E-state index contributed by atoms with van der Waals surface area (Å²) < 4.78 is 14.3. The number of aromatic nitrogens is 2. The standard InChI is InChI=1S/C10H8N2O5/c1-6(13)15-5-9(14)17-10-2-8-7(4-16-10)3-11-12-8/h2-4H,5H2,1H3. The van der Waals surface area contributed by atoms with Crippen molar-refractivity contribution >= 4 is 11.9 Å². The molecule has 17 heavy (non-hydrogen) atoms. The highest BCUT2D eigenvalue weighted by Crippen LogP contribution is 2.23. The molecular formula is C10H8N2O5. The van der Waals surface area contributed by atoms with Crippen LogP contribution in [-0.4, -0.2) is 28.7 Å². The van der Waals surface area contributed by atoms with Crippen molar-refractivity contribution in [2.75, 3.05) is 6.61 Å². The molecule has 0 spiro atoms. The highest BCUT2D eigenvalue weighted by Gasteiger charge is 2.12. The zero-order valence-electron chi connectivity index (χ0n) is 8.87. The van der Waals surface area contributed by atoms with E-state index in [4.69, 9.17) is 9.15 Å². The molecule has 0 saturated carbocycles. The van der Waals surface area contributed by atoms with E-state index in [0.29, 0.717) is 11.3 Å². The van der Waals surface area contributed by atoms with Crippen LogP contribution in [0.15, 0.2) is 22.9 Å². The molecular weight excluding hydrogens is 228 g/mol. The number of fused-ring (bicyclic) bond motifs is 1. The fourth-order valence-electron chi connectivity index (χ4n) is 1.10. The summed E-state index contributed by atoms with van der Waals surface area (Å²) in [4.78, 5) is 21.7. The molecule has 2 rings (SSSR count). The zero-order valence-corrected chi connectivity index (χ0v) is 8.87. The van der Waals surface area contributed by atoms with Gasteiger partial charge in [0.1, 0.15) is 12.0 Å². The van der Waals surface area contributed by atoms with E-state index in [1.807, 2.05) is 0 Å². The van der Waals surface area contributed by atoms with Crippen LogP contribution < -0.4 is 4.74 Å². The van der Waals surface area contributed by atoms with Gasteiger partial charge in [0.25, 0.3) is 5.95 Å². The Bertz CT molecular complexity index is 521. The van der Waals surface area contributed by atoms with Gasteiger partial charge in [0, 0.05) is 13.0 Å². The molecule has 2 aliphatic rings. The van der Waals surface area contributed by atoms with Gasteiger partial charge in [-0.3, -0.25) is 4.79 Å². The summed E-state index contributed by atoms with van der Waals surface area (Å²) in [7, 11) is 0. The third kappa shape index (κ3) is 2.77. The van der Waals surface area contributed by atoms with Crippen molar-refractivity contribution in [3.05, 3.63) is 18.5 Å². The zero-order chi connectivity index (χ0) is 12.3. The van der Waals surface area contributed by atoms with Gasteiger partial charge in [-0.25, -0.2) is 4.79 Å². The first-order valence-electron chi connectivity index (χ1n) is 4.69. The van der Waals surface area contributed by atoms with Gasteiger partial charge in [0.2, 0.25) is 0 Å². The lowest BCUT2D eigenvalue weighted by molar-refractivity contribution is -0.152. The van der Waals surface area contributed by atoms with Gasteiger partial charge in [0.15, 0.2) is 6.61 Å². The van der Waals surface area contributed by atoms with Crippen molar-refractivity contribution in [2.24, 2.45) is 0 Å². The summed E-state index contributed by atoms with van der Waals surface area (Å²) in [5.41, 5.74) is 1.25. The summed E-state index contributed by atoms with van der Waals surface area (Å²) in [5.74, 6) is -1.32. The van der Waals surface area contributed by atoms with Gasteiger partial charge in [-0.15, -0.1) is 0 Å². The Morgan fingerprint density at radius 3 is 3.06 bits per heavy atom. The van der Waals surface area contributed by atoms with Crippen molar-refractivity contribution in [1.82, 2.24) is 10.2 Å². The highest BCUT2D eigenvalue weighted by atomic mass is 16.6. The summed E-state index contributed by atoms with van der Waals surface area (Å²) in [6, 6.07) is 1.42. The van der Waals surface area contributed by atoms with Crippen LogP contribution in [-0.2, 0) is 14.3 Å². The molecule has 2 heterocycles. The van der Waals surface area contributed by atoms with Gasteiger partial charge in [-0.1, -0.05) is 0 Å². The van der Waals surface area contributed by atoms with Gasteiger partial charge in [-0.05, 0) is 0 Å². The van der Waals surface area contributed by atoms with Crippen LogP contribution in [0.5, 0.6) is 5.95 Å². The molecule has 0 atom stereocenters. The SMILES string of the molecule is CC(=O)OCC(=O)Oc1cc2nncc-2co1. The Labute approximate surface area is 95.7 Å². The van der Waals surface area contributed by atoms with Crippen molar-refractivity contribution in [2.45, 2.75) is 6.92 Å². The number of hydrogen-bond acceptors (Lipinski definition) is 7. The number of nitrogens with zero attached hydrogens (tertiary/aromatic N) is 2. The van der Waals surface area contributed by atoms with Gasteiger partial charge in [0.05, 0.1) is 11.8 Å². The molecule has 2 aliphatic heterocycles. The van der Waals surface area contributed by atoms with Gasteiger partial charge in [-0.2, -0.15) is 10.2 Å². The van der Waals surface area contributed by atoms with E-state index < -0.39 is 18.5 Å². The fourth-order valence-corrected chi connectivity index (χ4v) is 1.10. The number of esters is 2. The molecule has 0 bridgehead atoms. The lowest BCUT2D eigenvalue weighted by Gasteiger charge is -2.03. The van der Waals surface area contributed by atoms with Crippen LogP contribution in [0.3, 0.4) is 0 Å². The normalized spacial score (nSPS) is 10.2. The van der Waals surface area contributed by atoms with Crippen LogP contribution in [0.4, 0.5) is 0 Å². The van der Waals surface area contributed by atoms with Crippen molar-refractivity contribution < 1.29 is 23.5 Å². The molecule has 0 aliphatic carbocycles. The number of carbonyl (C=O) groups excluding carboxylic acids is 2. The van der Waals surface area contributed by atoms with Crippen LogP contribution >= 0.6 is 0 Å². The van der Waals surface area contributed by atoms with Crippen LogP contribution in [0.2, 0.25) is 0 Å². The highest BCUT2D eigenvalue weighted by molar-refractivity contribution is 5.76. The first kappa shape index (κ1) is 11.1. The Morgan fingerprint density at radius 1 is 1.47 bits per heavy atom. The summed E-state index contributed by atoms with van der Waals surface area (Å²) >= 11 is 0. The molecule has 7 heteroatoms. The average Bonchev–Trinajstić information content (AvgIpc) is 2.73. The van der Waals surface area contributed by atoms with E-state index in [9.17, 15) is 9.59 Å². The second kappa shape index (κ2) is 4.60. The maximum Gasteiger partial charge on any atom is 0.352 e. The minimum Gasteiger partial charge on any atom is -0.454 e. The number of ether oxygens (including phenoxy) is 2. The average molecular weight is 236 g/mol. The van der Waals surface area contributed by atoms with Crippen LogP contribution in [0.1, 0.15) is 6.92 Å². The van der Waals surface area contributed by atoms with Crippen molar-refractivity contribution in [3.63, 3.8) is 0 Å². The second-order valence-electron chi connectivity index (χ2n) is 3.14. The Kier molecular flexibility index (Phi) is 2.99. The largest absolute Gasteiger partial charge is 0.454 e. The molecule has 0 fully saturated rings. The molecule has 0 aromatic rings. The minimum atomic E-state index is -0.734. The molecule has 7 nitrogen and oxygen atoms in total. The van der Waals surface area contributed by atoms with E-state index >= 15 is 0 Å². The number of hydrogen-bond donors (Lipinski definition) is 0. The molecule has 0 radical (unpaired) electrons. The van der Waals surface area contributed by atoms with Crippen LogP contribution in [0.25, 0.3) is 11.3 Å². The molecule has 0 saturated heterocycles. The maximum absolute atomic E-state index is 11.2. The number of carbonyl (C=O) groups is 2. The van der Waals surface area contributed by atoms with Gasteiger partial charge >= 0.3 is 11.9 Å². The van der Waals surface area contributed by atoms with E-state index in [1.54, 1.807) is 0 Å². The fraction of sp³-hybridized carbons (Fsp3) is 0.200. The Hall–Kier alpha value is -2.44. The second-order valence-corrected chi connectivity index (χ2v) is 3.14. The Morgan fingerprint density at radius 2 is 2.29 bits per heavy atom. The molecule has 0 unspecified atom stereocenters. The third-order valence-corrected chi connectivity index (χ3v) is 1.82. The predicted octanol–water partition coefficient (Wildman–Crippen LogP) is 0.643. The maximum atomic E-state index is 11.2. The van der Waals surface area contributed by atoms with Crippen LogP contribution in [0, 0.1) is 0 Å². The van der Waals surface area contributed by atoms with E-state index in [1.165, 1.54) is 25.5 Å². The lowest BCUT2D eigenvalue weighted by Crippen LogP contribution is -2.17. The topological polar surface area (TPSA) is 91.5 Å². The molecule has 0 aromatic heterocycles. The smallest absolute Gasteiger partial charge is 0.352 e. The van der Waals surface area contributed by atoms with E-state index in [0.717, 1.165) is 0 Å². The monoisotopic (exact) mass is 236 g/mol. The van der Waals surface area contributed by atoms with E-state index in [2.05, 4.69) is 14.9 Å². The quantitative estimate of drug-likeness (QED) is 0.722. The van der Waals surface area contributed by atoms with E-state index in [-0.39, 0.29) is 5.95 Å². The third-order valence-electron chi connectivity index (χ3n) is 1.82. The van der Waals surface area contributed by atoms with Crippen molar-refractivity contribution in [3.8, 4) is 17.2 Å². The first-order valence-corrected chi connectivity index (χ1v) is 4.69. The summed E-state index contributed by atoms with van der Waals surface area (Å²) in [6.45, 7) is 0.735. The summed E-state index contributed by atoms with van der Waals surface area (Å²) in [6.07, 6.45) is 2.88. The first-order chi connectivity index (χ1) is 8.15. The molecule has 0 aromatic carbocycles. The summed E-state index contributed by atoms with van der Waals surface area (Å²) in [5, 5.41) is 7.44. The molecule has 0 amide bonds. The minimum absolute atomic E-state index is 0.0323.